The summed E-state index contributed by atoms with van der Waals surface area (Å²) in [7, 11) is 1.82. The molecule has 0 atom stereocenters. The van der Waals surface area contributed by atoms with Crippen LogP contribution in [0.1, 0.15) is 18.1 Å². The zero-order valence-corrected chi connectivity index (χ0v) is 7.89. The molecule has 3 nitrogen and oxygen atoms in total. The third kappa shape index (κ3) is 2.06. The lowest BCUT2D eigenvalue weighted by Gasteiger charge is -2.08. The van der Waals surface area contributed by atoms with Crippen molar-refractivity contribution in [2.75, 3.05) is 12.4 Å². The molecule has 1 aromatic rings. The van der Waals surface area contributed by atoms with Crippen LogP contribution in [-0.4, -0.2) is 17.9 Å². The summed E-state index contributed by atoms with van der Waals surface area (Å²) in [6, 6.07) is 5.55. The van der Waals surface area contributed by atoms with E-state index in [0.717, 1.165) is 16.8 Å². The molecule has 0 unspecified atom stereocenters. The topological polar surface area (TPSA) is 56.1 Å². The smallest absolute Gasteiger partial charge is 0.0682 e. The van der Waals surface area contributed by atoms with Gasteiger partial charge in [0.05, 0.1) is 6.61 Å². The Hall–Kier alpha value is -1.35. The first-order valence-electron chi connectivity index (χ1n) is 4.16. The fourth-order valence-electron chi connectivity index (χ4n) is 1.22. The Labute approximate surface area is 77.9 Å². The van der Waals surface area contributed by atoms with Gasteiger partial charge in [0.25, 0.3) is 0 Å². The molecule has 0 radical (unpaired) electrons. The van der Waals surface area contributed by atoms with E-state index in [0.29, 0.717) is 5.71 Å². The average molecular weight is 178 g/mol. The first kappa shape index (κ1) is 9.74. The van der Waals surface area contributed by atoms with Gasteiger partial charge in [-0.15, -0.1) is 0 Å². The number of hydrogen-bond donors (Lipinski definition) is 3. The van der Waals surface area contributed by atoms with E-state index in [1.807, 2.05) is 25.2 Å². The fourth-order valence-corrected chi connectivity index (χ4v) is 1.22. The molecule has 0 aliphatic rings. The second kappa shape index (κ2) is 4.05. The molecule has 3 N–H and O–H groups in total. The van der Waals surface area contributed by atoms with Crippen LogP contribution >= 0.6 is 0 Å². The van der Waals surface area contributed by atoms with Crippen molar-refractivity contribution in [3.63, 3.8) is 0 Å². The van der Waals surface area contributed by atoms with Gasteiger partial charge in [-0.05, 0) is 24.6 Å². The first-order valence-corrected chi connectivity index (χ1v) is 4.16. The lowest BCUT2D eigenvalue weighted by atomic mass is 10.1. The van der Waals surface area contributed by atoms with Gasteiger partial charge >= 0.3 is 0 Å². The lowest BCUT2D eigenvalue weighted by Crippen LogP contribution is -2.01. The number of anilines is 1. The molecule has 0 saturated carbocycles. The molecular weight excluding hydrogens is 164 g/mol. The summed E-state index contributed by atoms with van der Waals surface area (Å²) in [5, 5.41) is 19.5. The summed E-state index contributed by atoms with van der Waals surface area (Å²) in [6.07, 6.45) is 0. The van der Waals surface area contributed by atoms with E-state index in [2.05, 4.69) is 5.32 Å². The molecule has 0 spiro atoms. The summed E-state index contributed by atoms with van der Waals surface area (Å²) in [4.78, 5) is 0. The van der Waals surface area contributed by atoms with Crippen LogP contribution in [-0.2, 0) is 6.61 Å². The standard InChI is InChI=1S/C10H14N2O/c1-7(11)9-5-8(6-13)3-4-10(9)12-2/h3-5,11-13H,6H2,1-2H3. The highest BCUT2D eigenvalue weighted by Crippen LogP contribution is 2.17. The maximum absolute atomic E-state index is 8.92. The van der Waals surface area contributed by atoms with Crippen molar-refractivity contribution >= 4 is 11.4 Å². The van der Waals surface area contributed by atoms with Crippen molar-refractivity contribution in [2.45, 2.75) is 13.5 Å². The minimum atomic E-state index is 0.0181. The summed E-state index contributed by atoms with van der Waals surface area (Å²) in [5.41, 5.74) is 3.10. The highest BCUT2D eigenvalue weighted by Gasteiger charge is 2.03. The number of aliphatic hydroxyl groups excluding tert-OH is 1. The van der Waals surface area contributed by atoms with Gasteiger partial charge in [-0.2, -0.15) is 0 Å². The van der Waals surface area contributed by atoms with Crippen LogP contribution in [0.4, 0.5) is 5.69 Å². The van der Waals surface area contributed by atoms with Gasteiger partial charge in [0, 0.05) is 24.0 Å². The zero-order chi connectivity index (χ0) is 9.84. The van der Waals surface area contributed by atoms with Crippen molar-refractivity contribution in [1.82, 2.24) is 0 Å². The molecule has 0 aromatic heterocycles. The maximum atomic E-state index is 8.92. The van der Waals surface area contributed by atoms with Crippen LogP contribution in [0.15, 0.2) is 18.2 Å². The van der Waals surface area contributed by atoms with Crippen molar-refractivity contribution in [1.29, 1.82) is 5.41 Å². The molecule has 0 aliphatic heterocycles. The van der Waals surface area contributed by atoms with Crippen LogP contribution in [0.3, 0.4) is 0 Å². The SMILES string of the molecule is CNc1ccc(CO)cc1C(C)=N. The summed E-state index contributed by atoms with van der Waals surface area (Å²) >= 11 is 0. The van der Waals surface area contributed by atoms with Crippen molar-refractivity contribution < 1.29 is 5.11 Å². The highest BCUT2D eigenvalue weighted by atomic mass is 16.3. The molecule has 0 aliphatic carbocycles. The molecule has 0 saturated heterocycles. The van der Waals surface area contributed by atoms with Gasteiger partial charge in [0.2, 0.25) is 0 Å². The summed E-state index contributed by atoms with van der Waals surface area (Å²) in [6.45, 7) is 1.75. The number of rotatable bonds is 3. The largest absolute Gasteiger partial charge is 0.392 e. The number of nitrogens with one attached hydrogen (secondary N) is 2. The Balaban J connectivity index is 3.18. The molecular formula is C10H14N2O. The van der Waals surface area contributed by atoms with E-state index < -0.39 is 0 Å². The van der Waals surface area contributed by atoms with E-state index in [9.17, 15) is 0 Å². The van der Waals surface area contributed by atoms with Crippen LogP contribution in [0.5, 0.6) is 0 Å². The second-order valence-electron chi connectivity index (χ2n) is 2.91. The minimum absolute atomic E-state index is 0.0181. The van der Waals surface area contributed by atoms with Crippen LogP contribution in [0.2, 0.25) is 0 Å². The van der Waals surface area contributed by atoms with Gasteiger partial charge in [-0.25, -0.2) is 0 Å². The molecule has 0 heterocycles. The zero-order valence-electron chi connectivity index (χ0n) is 7.89. The molecule has 1 aromatic carbocycles. The fraction of sp³-hybridized carbons (Fsp3) is 0.300. The van der Waals surface area contributed by atoms with Crippen LogP contribution < -0.4 is 5.32 Å². The Morgan fingerprint density at radius 2 is 2.23 bits per heavy atom. The average Bonchev–Trinajstić information content (AvgIpc) is 2.16. The van der Waals surface area contributed by atoms with E-state index in [1.165, 1.54) is 0 Å². The van der Waals surface area contributed by atoms with Crippen molar-refractivity contribution in [2.24, 2.45) is 0 Å². The predicted octanol–water partition coefficient (Wildman–Crippen LogP) is 1.61. The predicted molar refractivity (Wildman–Crippen MR) is 54.4 cm³/mol. The lowest BCUT2D eigenvalue weighted by molar-refractivity contribution is 0.282. The Bertz CT molecular complexity index is 321. The molecule has 13 heavy (non-hydrogen) atoms. The van der Waals surface area contributed by atoms with Crippen molar-refractivity contribution in [3.05, 3.63) is 29.3 Å². The second-order valence-corrected chi connectivity index (χ2v) is 2.91. The van der Waals surface area contributed by atoms with E-state index in [4.69, 9.17) is 10.5 Å². The third-order valence-electron chi connectivity index (χ3n) is 1.94. The first-order chi connectivity index (χ1) is 6.19. The normalized spacial score (nSPS) is 9.77. The molecule has 0 amide bonds. The van der Waals surface area contributed by atoms with Crippen LogP contribution in [0, 0.1) is 5.41 Å². The van der Waals surface area contributed by atoms with E-state index in [1.54, 1.807) is 6.92 Å². The Morgan fingerprint density at radius 1 is 1.54 bits per heavy atom. The number of benzene rings is 1. The van der Waals surface area contributed by atoms with Crippen molar-refractivity contribution in [3.8, 4) is 0 Å². The Kier molecular flexibility index (Phi) is 3.03. The van der Waals surface area contributed by atoms with Crippen LogP contribution in [0.25, 0.3) is 0 Å². The number of aliphatic hydroxyl groups is 1. The molecule has 1 rings (SSSR count). The molecule has 3 heteroatoms. The van der Waals surface area contributed by atoms with Gasteiger partial charge in [-0.1, -0.05) is 6.07 Å². The third-order valence-corrected chi connectivity index (χ3v) is 1.94. The molecule has 0 bridgehead atoms. The monoisotopic (exact) mass is 178 g/mol. The summed E-state index contributed by atoms with van der Waals surface area (Å²) in [5.74, 6) is 0. The summed E-state index contributed by atoms with van der Waals surface area (Å²) < 4.78 is 0. The highest BCUT2D eigenvalue weighted by molar-refractivity contribution is 6.01. The molecule has 70 valence electrons. The van der Waals surface area contributed by atoms with Gasteiger partial charge in [0.15, 0.2) is 0 Å². The van der Waals surface area contributed by atoms with E-state index >= 15 is 0 Å². The van der Waals surface area contributed by atoms with Gasteiger partial charge < -0.3 is 15.8 Å². The van der Waals surface area contributed by atoms with E-state index in [-0.39, 0.29) is 6.61 Å². The number of hydrogen-bond acceptors (Lipinski definition) is 3. The maximum Gasteiger partial charge on any atom is 0.0682 e. The minimum Gasteiger partial charge on any atom is -0.392 e. The van der Waals surface area contributed by atoms with Gasteiger partial charge in [0.1, 0.15) is 0 Å². The quantitative estimate of drug-likeness (QED) is 0.616. The van der Waals surface area contributed by atoms with Gasteiger partial charge in [-0.3, -0.25) is 0 Å². The molecule has 0 fully saturated rings. The Morgan fingerprint density at radius 3 is 2.69 bits per heavy atom.